The second kappa shape index (κ2) is 19.1. The number of carbonyl (C=O) groups excluding carboxylic acids is 1. The molecule has 0 unspecified atom stereocenters. The van der Waals surface area contributed by atoms with Gasteiger partial charge in [-0.05, 0) is 115 Å². The van der Waals surface area contributed by atoms with Crippen LogP contribution >= 0.6 is 0 Å². The number of esters is 1. The summed E-state index contributed by atoms with van der Waals surface area (Å²) < 4.78 is 11.7. The minimum atomic E-state index is -0.543. The van der Waals surface area contributed by atoms with Crippen molar-refractivity contribution in [1.82, 2.24) is 0 Å². The van der Waals surface area contributed by atoms with E-state index in [2.05, 4.69) is 81.9 Å². The summed E-state index contributed by atoms with van der Waals surface area (Å²) in [5.74, 6) is 1.96. The Morgan fingerprint density at radius 1 is 0.816 bits per heavy atom. The molecule has 5 heteroatoms. The fourth-order valence-corrected chi connectivity index (χ4v) is 7.14. The molecule has 0 radical (unpaired) electrons. The third-order valence-corrected chi connectivity index (χ3v) is 10.6. The van der Waals surface area contributed by atoms with Gasteiger partial charge in [0.25, 0.3) is 0 Å². The number of aliphatic hydroxyl groups excluding tert-OH is 2. The third-order valence-electron chi connectivity index (χ3n) is 10.6. The lowest BCUT2D eigenvalue weighted by molar-refractivity contribution is -0.139. The Kier molecular flexibility index (Phi) is 15.0. The van der Waals surface area contributed by atoms with Crippen molar-refractivity contribution >= 4 is 5.97 Å². The maximum absolute atomic E-state index is 12.0. The number of aliphatic hydroxyl groups is 2. The highest BCUT2D eigenvalue weighted by Crippen LogP contribution is 2.37. The van der Waals surface area contributed by atoms with Crippen LogP contribution in [0.2, 0.25) is 0 Å². The average Bonchev–Trinajstić information content (AvgIpc) is 3.13. The summed E-state index contributed by atoms with van der Waals surface area (Å²) in [7, 11) is 0. The normalized spacial score (nSPS) is 16.4. The average molecular weight is 669 g/mol. The second-order valence-electron chi connectivity index (χ2n) is 14.5. The first-order chi connectivity index (χ1) is 23.7. The Morgan fingerprint density at radius 3 is 2.14 bits per heavy atom. The fraction of sp³-hybridized carbons (Fsp3) is 0.523. The van der Waals surface area contributed by atoms with E-state index in [0.29, 0.717) is 44.0 Å². The lowest BCUT2D eigenvalue weighted by Gasteiger charge is -2.30. The maximum atomic E-state index is 12.0. The highest BCUT2D eigenvalue weighted by atomic mass is 16.5. The molecule has 0 aliphatic heterocycles. The molecule has 0 saturated heterocycles. The summed E-state index contributed by atoms with van der Waals surface area (Å²) in [6, 6.07) is 22.4. The molecule has 49 heavy (non-hydrogen) atoms. The van der Waals surface area contributed by atoms with Gasteiger partial charge in [0.05, 0.1) is 26.4 Å². The van der Waals surface area contributed by atoms with E-state index in [1.165, 1.54) is 53.5 Å². The minimum absolute atomic E-state index is 0.0593. The molecule has 3 aromatic carbocycles. The van der Waals surface area contributed by atoms with Crippen LogP contribution in [0.25, 0.3) is 22.3 Å². The standard InChI is InChI=1S/C44H60O5/c1-6-8-9-24-44(30-45,31-46)25-27-48-42-23-21-39(29-40(42)11-10-26-49-43(47)32(3)4)41-22-20-38(28-34(41)7-2)37-18-16-36(17-19-37)35-14-12-33(5)13-15-35/h16-23,28-29,33,35,45-46H,3,6-15,24-27,30-31H2,1-2,4-5H3. The zero-order chi connectivity index (χ0) is 35.2. The molecule has 1 aliphatic rings. The van der Waals surface area contributed by atoms with Crippen LogP contribution in [0.4, 0.5) is 0 Å². The van der Waals surface area contributed by atoms with E-state index in [0.717, 1.165) is 54.9 Å². The molecular formula is C44H60O5. The molecule has 1 saturated carbocycles. The molecule has 0 aromatic heterocycles. The molecule has 0 atom stereocenters. The van der Waals surface area contributed by atoms with Crippen molar-refractivity contribution in [2.24, 2.45) is 11.3 Å². The summed E-state index contributed by atoms with van der Waals surface area (Å²) in [6.45, 7) is 12.7. The summed E-state index contributed by atoms with van der Waals surface area (Å²) in [6.07, 6.45) is 12.0. The second-order valence-corrected chi connectivity index (χ2v) is 14.5. The molecule has 1 aliphatic carbocycles. The van der Waals surface area contributed by atoms with Gasteiger partial charge in [-0.25, -0.2) is 4.79 Å². The van der Waals surface area contributed by atoms with Crippen LogP contribution < -0.4 is 4.74 Å². The van der Waals surface area contributed by atoms with Crippen molar-refractivity contribution < 1.29 is 24.5 Å². The Bertz CT molecular complexity index is 1480. The Balaban J connectivity index is 1.53. The lowest BCUT2D eigenvalue weighted by atomic mass is 9.79. The van der Waals surface area contributed by atoms with Crippen molar-refractivity contribution in [2.75, 3.05) is 26.4 Å². The van der Waals surface area contributed by atoms with Crippen LogP contribution in [0.3, 0.4) is 0 Å². The van der Waals surface area contributed by atoms with Gasteiger partial charge in [0.1, 0.15) is 5.75 Å². The highest BCUT2D eigenvalue weighted by molar-refractivity contribution is 5.86. The predicted octanol–water partition coefficient (Wildman–Crippen LogP) is 10.2. The number of unbranched alkanes of at least 4 members (excludes halogenated alkanes) is 2. The Labute approximate surface area is 295 Å². The van der Waals surface area contributed by atoms with E-state index < -0.39 is 5.41 Å². The van der Waals surface area contributed by atoms with E-state index in [1.807, 2.05) is 6.07 Å². The van der Waals surface area contributed by atoms with Gasteiger partial charge in [-0.3, -0.25) is 0 Å². The maximum Gasteiger partial charge on any atom is 0.333 e. The van der Waals surface area contributed by atoms with Crippen molar-refractivity contribution in [3.63, 3.8) is 0 Å². The van der Waals surface area contributed by atoms with Gasteiger partial charge in [-0.2, -0.15) is 0 Å². The Hall–Kier alpha value is -3.41. The molecule has 0 heterocycles. The zero-order valence-electron chi connectivity index (χ0n) is 30.6. The van der Waals surface area contributed by atoms with E-state index in [4.69, 9.17) is 9.47 Å². The largest absolute Gasteiger partial charge is 0.493 e. The number of rotatable bonds is 19. The molecule has 266 valence electrons. The van der Waals surface area contributed by atoms with Gasteiger partial charge in [-0.15, -0.1) is 0 Å². The molecule has 4 rings (SSSR count). The number of aryl methyl sites for hydroxylation is 2. The number of ether oxygens (including phenoxy) is 2. The molecule has 0 bridgehead atoms. The first-order valence-corrected chi connectivity index (χ1v) is 18.8. The molecule has 0 amide bonds. The first kappa shape index (κ1) is 38.4. The first-order valence-electron chi connectivity index (χ1n) is 18.8. The van der Waals surface area contributed by atoms with E-state index >= 15 is 0 Å². The number of hydrogen-bond donors (Lipinski definition) is 2. The van der Waals surface area contributed by atoms with Gasteiger partial charge < -0.3 is 19.7 Å². The molecule has 5 nitrogen and oxygen atoms in total. The van der Waals surface area contributed by atoms with Gasteiger partial charge in [0.2, 0.25) is 0 Å². The van der Waals surface area contributed by atoms with Gasteiger partial charge in [-0.1, -0.05) is 108 Å². The van der Waals surface area contributed by atoms with Crippen LogP contribution in [-0.2, 0) is 22.4 Å². The SMILES string of the molecule is C=C(C)C(=O)OCCCc1cc(-c2ccc(-c3ccc(C4CCC(C)CC4)cc3)cc2CC)ccc1OCCC(CO)(CO)CCCCC. The van der Waals surface area contributed by atoms with Gasteiger partial charge >= 0.3 is 5.97 Å². The minimum Gasteiger partial charge on any atom is -0.493 e. The highest BCUT2D eigenvalue weighted by Gasteiger charge is 2.28. The van der Waals surface area contributed by atoms with Crippen LogP contribution in [-0.4, -0.2) is 42.6 Å². The smallest absolute Gasteiger partial charge is 0.333 e. The molecule has 2 N–H and O–H groups in total. The summed E-state index contributed by atoms with van der Waals surface area (Å²) in [5.41, 5.74) is 8.49. The van der Waals surface area contributed by atoms with Crippen molar-refractivity contribution in [1.29, 1.82) is 0 Å². The monoisotopic (exact) mass is 668 g/mol. The van der Waals surface area contributed by atoms with Crippen LogP contribution in [0.5, 0.6) is 5.75 Å². The van der Waals surface area contributed by atoms with Crippen LogP contribution in [0.15, 0.2) is 72.8 Å². The number of benzene rings is 3. The van der Waals surface area contributed by atoms with Crippen LogP contribution in [0, 0.1) is 11.3 Å². The van der Waals surface area contributed by atoms with Crippen LogP contribution in [0.1, 0.15) is 115 Å². The van der Waals surface area contributed by atoms with E-state index in [9.17, 15) is 15.0 Å². The van der Waals surface area contributed by atoms with Gasteiger partial charge in [0, 0.05) is 11.0 Å². The van der Waals surface area contributed by atoms with E-state index in [1.54, 1.807) is 6.92 Å². The topological polar surface area (TPSA) is 76.0 Å². The number of carbonyl (C=O) groups is 1. The lowest BCUT2D eigenvalue weighted by Crippen LogP contribution is -2.32. The van der Waals surface area contributed by atoms with E-state index in [-0.39, 0.29) is 19.2 Å². The molecule has 1 fully saturated rings. The third kappa shape index (κ3) is 10.8. The summed E-state index contributed by atoms with van der Waals surface area (Å²) in [4.78, 5) is 12.0. The fourth-order valence-electron chi connectivity index (χ4n) is 7.14. The van der Waals surface area contributed by atoms with Gasteiger partial charge in [0.15, 0.2) is 0 Å². The number of hydrogen-bond acceptors (Lipinski definition) is 5. The van der Waals surface area contributed by atoms with Crippen molar-refractivity contribution in [3.05, 3.63) is 89.5 Å². The molecule has 0 spiro atoms. The summed E-state index contributed by atoms with van der Waals surface area (Å²) >= 11 is 0. The Morgan fingerprint density at radius 2 is 1.49 bits per heavy atom. The van der Waals surface area contributed by atoms with Crippen molar-refractivity contribution in [3.8, 4) is 28.0 Å². The summed E-state index contributed by atoms with van der Waals surface area (Å²) in [5, 5.41) is 20.3. The predicted molar refractivity (Wildman–Crippen MR) is 202 cm³/mol. The quantitative estimate of drug-likeness (QED) is 0.0755. The van der Waals surface area contributed by atoms with Crippen molar-refractivity contribution in [2.45, 2.75) is 111 Å². The molecular weight excluding hydrogens is 608 g/mol. The zero-order valence-corrected chi connectivity index (χ0v) is 30.6. The molecule has 3 aromatic rings.